The smallest absolute Gasteiger partial charge is 0.222 e. The summed E-state index contributed by atoms with van der Waals surface area (Å²) in [5.41, 5.74) is 5.24. The van der Waals surface area contributed by atoms with Gasteiger partial charge < -0.3 is 16.0 Å². The molecule has 0 aromatic rings. The van der Waals surface area contributed by atoms with Crippen LogP contribution in [0.2, 0.25) is 0 Å². The maximum Gasteiger partial charge on any atom is 0.222 e. The van der Waals surface area contributed by atoms with Gasteiger partial charge in [-0.25, -0.2) is 0 Å². The lowest BCUT2D eigenvalue weighted by Gasteiger charge is -2.18. The number of primary amides is 1. The Kier molecular flexibility index (Phi) is 3.43. The molecule has 2 saturated heterocycles. The van der Waals surface area contributed by atoms with Crippen LogP contribution < -0.4 is 11.1 Å². The summed E-state index contributed by atoms with van der Waals surface area (Å²) in [6, 6.07) is 0. The molecule has 16 heavy (non-hydrogen) atoms. The summed E-state index contributed by atoms with van der Waals surface area (Å²) in [4.78, 5) is 24.7. The first-order valence-corrected chi connectivity index (χ1v) is 5.94. The minimum Gasteiger partial charge on any atom is -0.369 e. The van der Waals surface area contributed by atoms with E-state index in [0.717, 1.165) is 25.9 Å². The molecular weight excluding hydrogens is 206 g/mol. The van der Waals surface area contributed by atoms with Crippen molar-refractivity contribution in [3.63, 3.8) is 0 Å². The summed E-state index contributed by atoms with van der Waals surface area (Å²) < 4.78 is 0. The molecule has 5 nitrogen and oxygen atoms in total. The summed E-state index contributed by atoms with van der Waals surface area (Å²) >= 11 is 0. The number of hydrogen-bond donors (Lipinski definition) is 2. The van der Waals surface area contributed by atoms with E-state index in [4.69, 9.17) is 5.73 Å². The Bertz CT molecular complexity index is 287. The first kappa shape index (κ1) is 11.4. The summed E-state index contributed by atoms with van der Waals surface area (Å²) in [5, 5.41) is 3.25. The zero-order chi connectivity index (χ0) is 11.5. The van der Waals surface area contributed by atoms with Crippen molar-refractivity contribution in [2.75, 3.05) is 26.2 Å². The number of nitrogens with two attached hydrogens (primary N) is 1. The quantitative estimate of drug-likeness (QED) is 0.668. The molecule has 0 bridgehead atoms. The van der Waals surface area contributed by atoms with Crippen molar-refractivity contribution < 1.29 is 9.59 Å². The number of amides is 2. The van der Waals surface area contributed by atoms with E-state index in [2.05, 4.69) is 5.32 Å². The molecule has 0 radical (unpaired) electrons. The molecule has 2 amide bonds. The Hall–Kier alpha value is -1.10. The molecule has 3 N–H and O–H groups in total. The second kappa shape index (κ2) is 4.82. The van der Waals surface area contributed by atoms with Gasteiger partial charge >= 0.3 is 0 Å². The molecule has 0 aromatic heterocycles. The number of carbonyl (C=O) groups excluding carboxylic acids is 2. The highest BCUT2D eigenvalue weighted by atomic mass is 16.2. The Morgan fingerprint density at radius 3 is 2.75 bits per heavy atom. The van der Waals surface area contributed by atoms with Crippen molar-refractivity contribution >= 4 is 11.8 Å². The lowest BCUT2D eigenvalue weighted by Crippen LogP contribution is -2.33. The van der Waals surface area contributed by atoms with E-state index in [-0.39, 0.29) is 17.7 Å². The average molecular weight is 225 g/mol. The van der Waals surface area contributed by atoms with Gasteiger partial charge in [-0.3, -0.25) is 9.59 Å². The van der Waals surface area contributed by atoms with Gasteiger partial charge in [-0.2, -0.15) is 0 Å². The Labute approximate surface area is 95.3 Å². The Morgan fingerprint density at radius 1 is 1.38 bits per heavy atom. The Balaban J connectivity index is 1.79. The fourth-order valence-corrected chi connectivity index (χ4v) is 2.48. The van der Waals surface area contributed by atoms with Crippen molar-refractivity contribution in [2.45, 2.75) is 19.3 Å². The molecule has 2 atom stereocenters. The van der Waals surface area contributed by atoms with Crippen LogP contribution in [0.15, 0.2) is 0 Å². The van der Waals surface area contributed by atoms with Crippen LogP contribution in [0, 0.1) is 11.8 Å². The third-order valence-corrected chi connectivity index (χ3v) is 3.57. The SMILES string of the molecule is NC(=O)C1CCN(C(=O)CC2CCNC2)C1. The van der Waals surface area contributed by atoms with Gasteiger partial charge in [0.1, 0.15) is 0 Å². The van der Waals surface area contributed by atoms with Crippen LogP contribution in [0.25, 0.3) is 0 Å². The van der Waals surface area contributed by atoms with E-state index in [0.29, 0.717) is 25.4 Å². The molecule has 0 saturated carbocycles. The van der Waals surface area contributed by atoms with Crippen LogP contribution in [0.4, 0.5) is 0 Å². The van der Waals surface area contributed by atoms with Crippen LogP contribution in [-0.4, -0.2) is 42.9 Å². The van der Waals surface area contributed by atoms with E-state index in [9.17, 15) is 9.59 Å². The number of nitrogens with zero attached hydrogens (tertiary/aromatic N) is 1. The van der Waals surface area contributed by atoms with Gasteiger partial charge in [0.15, 0.2) is 0 Å². The zero-order valence-corrected chi connectivity index (χ0v) is 9.45. The number of nitrogens with one attached hydrogen (secondary N) is 1. The molecule has 2 heterocycles. The van der Waals surface area contributed by atoms with E-state index in [1.54, 1.807) is 4.90 Å². The van der Waals surface area contributed by atoms with Crippen LogP contribution in [0.3, 0.4) is 0 Å². The van der Waals surface area contributed by atoms with Gasteiger partial charge in [-0.05, 0) is 31.8 Å². The van der Waals surface area contributed by atoms with Crippen molar-refractivity contribution in [3.05, 3.63) is 0 Å². The highest BCUT2D eigenvalue weighted by Crippen LogP contribution is 2.20. The summed E-state index contributed by atoms with van der Waals surface area (Å²) in [5.74, 6) is 0.237. The monoisotopic (exact) mass is 225 g/mol. The van der Waals surface area contributed by atoms with Gasteiger partial charge in [0.05, 0.1) is 5.92 Å². The van der Waals surface area contributed by atoms with Crippen LogP contribution in [0.1, 0.15) is 19.3 Å². The van der Waals surface area contributed by atoms with E-state index in [1.165, 1.54) is 0 Å². The molecule has 2 unspecified atom stereocenters. The largest absolute Gasteiger partial charge is 0.369 e. The molecular formula is C11H19N3O2. The average Bonchev–Trinajstić information content (AvgIpc) is 2.86. The normalized spacial score (nSPS) is 29.6. The number of carbonyl (C=O) groups is 2. The summed E-state index contributed by atoms with van der Waals surface area (Å²) in [7, 11) is 0. The Morgan fingerprint density at radius 2 is 2.19 bits per heavy atom. The van der Waals surface area contributed by atoms with Crippen molar-refractivity contribution in [2.24, 2.45) is 17.6 Å². The van der Waals surface area contributed by atoms with Crippen LogP contribution in [0.5, 0.6) is 0 Å². The van der Waals surface area contributed by atoms with Gasteiger partial charge in [0, 0.05) is 19.5 Å². The first-order chi connectivity index (χ1) is 7.66. The molecule has 2 aliphatic heterocycles. The second-order valence-corrected chi connectivity index (χ2v) is 4.79. The third kappa shape index (κ3) is 2.52. The second-order valence-electron chi connectivity index (χ2n) is 4.79. The van der Waals surface area contributed by atoms with Gasteiger partial charge in [0.25, 0.3) is 0 Å². The zero-order valence-electron chi connectivity index (χ0n) is 9.45. The van der Waals surface area contributed by atoms with Gasteiger partial charge in [-0.1, -0.05) is 0 Å². The molecule has 5 heteroatoms. The highest BCUT2D eigenvalue weighted by Gasteiger charge is 2.30. The lowest BCUT2D eigenvalue weighted by atomic mass is 10.0. The minimum absolute atomic E-state index is 0.134. The van der Waals surface area contributed by atoms with Crippen molar-refractivity contribution in [1.82, 2.24) is 10.2 Å². The van der Waals surface area contributed by atoms with Crippen LogP contribution >= 0.6 is 0 Å². The standard InChI is InChI=1S/C11H19N3O2/c12-11(16)9-2-4-14(7-9)10(15)5-8-1-3-13-6-8/h8-9,13H,1-7H2,(H2,12,16). The molecule has 2 rings (SSSR count). The van der Waals surface area contributed by atoms with E-state index in [1.807, 2.05) is 0 Å². The molecule has 0 aromatic carbocycles. The number of rotatable bonds is 3. The predicted molar refractivity (Wildman–Crippen MR) is 59.5 cm³/mol. The fraction of sp³-hybridized carbons (Fsp3) is 0.818. The topological polar surface area (TPSA) is 75.4 Å². The predicted octanol–water partition coefficient (Wildman–Crippen LogP) is -0.680. The fourth-order valence-electron chi connectivity index (χ4n) is 2.48. The van der Waals surface area contributed by atoms with E-state index < -0.39 is 0 Å². The maximum absolute atomic E-state index is 11.9. The highest BCUT2D eigenvalue weighted by molar-refractivity contribution is 5.81. The molecule has 90 valence electrons. The summed E-state index contributed by atoms with van der Waals surface area (Å²) in [6.45, 7) is 3.17. The van der Waals surface area contributed by atoms with Crippen molar-refractivity contribution in [1.29, 1.82) is 0 Å². The van der Waals surface area contributed by atoms with E-state index >= 15 is 0 Å². The first-order valence-electron chi connectivity index (χ1n) is 5.94. The van der Waals surface area contributed by atoms with Gasteiger partial charge in [0.2, 0.25) is 11.8 Å². The molecule has 0 aliphatic carbocycles. The number of likely N-dealkylation sites (tertiary alicyclic amines) is 1. The maximum atomic E-state index is 11.9. The third-order valence-electron chi connectivity index (χ3n) is 3.57. The number of hydrogen-bond acceptors (Lipinski definition) is 3. The minimum atomic E-state index is -0.280. The van der Waals surface area contributed by atoms with Crippen molar-refractivity contribution in [3.8, 4) is 0 Å². The lowest BCUT2D eigenvalue weighted by molar-refractivity contribution is -0.131. The molecule has 2 fully saturated rings. The van der Waals surface area contributed by atoms with Crippen LogP contribution in [-0.2, 0) is 9.59 Å². The van der Waals surface area contributed by atoms with Gasteiger partial charge in [-0.15, -0.1) is 0 Å². The molecule has 2 aliphatic rings. The molecule has 0 spiro atoms. The summed E-state index contributed by atoms with van der Waals surface area (Å²) in [6.07, 6.45) is 2.42.